The Balaban J connectivity index is 2.66. The zero-order valence-corrected chi connectivity index (χ0v) is 13.1. The molecule has 0 aliphatic carbocycles. The molecule has 1 atom stereocenters. The Hall–Kier alpha value is -0.900. The molecule has 0 radical (unpaired) electrons. The summed E-state index contributed by atoms with van der Waals surface area (Å²) in [7, 11) is 6.26. The Morgan fingerprint density at radius 1 is 1.21 bits per heavy atom. The molecule has 0 fully saturated rings. The molecule has 1 rings (SSSR count). The summed E-state index contributed by atoms with van der Waals surface area (Å²) in [5, 5.41) is 3.21. The number of hydrogen-bond donors (Lipinski definition) is 1. The first-order valence-electron chi connectivity index (χ1n) is 7.18. The van der Waals surface area contributed by atoms with Crippen molar-refractivity contribution in [3.05, 3.63) is 35.4 Å². The molecule has 0 saturated carbocycles. The highest BCUT2D eigenvalue weighted by molar-refractivity contribution is 5.23. The third kappa shape index (κ3) is 5.72. The van der Waals surface area contributed by atoms with Gasteiger partial charge in [-0.05, 0) is 45.7 Å². The van der Waals surface area contributed by atoms with Gasteiger partial charge in [-0.2, -0.15) is 0 Å². The summed E-state index contributed by atoms with van der Waals surface area (Å²) in [5.74, 6) is 0. The zero-order valence-electron chi connectivity index (χ0n) is 13.1. The van der Waals surface area contributed by atoms with Gasteiger partial charge in [0.1, 0.15) is 0 Å². The molecule has 1 aromatic rings. The second kappa shape index (κ2) is 8.31. The number of nitrogens with zero attached hydrogens (tertiary/aromatic N) is 2. The van der Waals surface area contributed by atoms with Crippen molar-refractivity contribution in [2.45, 2.75) is 33.0 Å². The van der Waals surface area contributed by atoms with E-state index >= 15 is 0 Å². The van der Waals surface area contributed by atoms with Crippen molar-refractivity contribution in [1.29, 1.82) is 0 Å². The van der Waals surface area contributed by atoms with Crippen LogP contribution in [0, 0.1) is 0 Å². The van der Waals surface area contributed by atoms with Gasteiger partial charge in [-0.15, -0.1) is 0 Å². The topological polar surface area (TPSA) is 18.5 Å². The summed E-state index contributed by atoms with van der Waals surface area (Å²) in [6.45, 7) is 8.70. The zero-order chi connectivity index (χ0) is 14.3. The third-order valence-electron chi connectivity index (χ3n) is 3.42. The van der Waals surface area contributed by atoms with Crippen LogP contribution in [0.15, 0.2) is 24.3 Å². The molecule has 1 aromatic carbocycles. The predicted molar refractivity (Wildman–Crippen MR) is 83.3 cm³/mol. The molecule has 1 unspecified atom stereocenters. The largest absolute Gasteiger partial charge is 0.316 e. The van der Waals surface area contributed by atoms with E-state index < -0.39 is 0 Å². The minimum absolute atomic E-state index is 0.577. The van der Waals surface area contributed by atoms with Crippen molar-refractivity contribution in [3.8, 4) is 0 Å². The molecule has 0 spiro atoms. The Labute approximate surface area is 118 Å². The van der Waals surface area contributed by atoms with Gasteiger partial charge >= 0.3 is 0 Å². The SMILES string of the molecule is CCN(Cc1cccc(CNC)c1)C(C)CN(C)C. The van der Waals surface area contributed by atoms with Gasteiger partial charge in [0.25, 0.3) is 0 Å². The minimum atomic E-state index is 0.577. The number of likely N-dealkylation sites (N-methyl/N-ethyl adjacent to an activating group) is 2. The van der Waals surface area contributed by atoms with Crippen LogP contribution >= 0.6 is 0 Å². The molecule has 0 aromatic heterocycles. The molecule has 0 aliphatic rings. The number of nitrogens with one attached hydrogen (secondary N) is 1. The first kappa shape index (κ1) is 16.2. The van der Waals surface area contributed by atoms with Crippen molar-refractivity contribution in [2.24, 2.45) is 0 Å². The molecule has 3 nitrogen and oxygen atoms in total. The van der Waals surface area contributed by atoms with Gasteiger partial charge in [-0.1, -0.05) is 31.2 Å². The van der Waals surface area contributed by atoms with Crippen LogP contribution in [0.3, 0.4) is 0 Å². The standard InChI is InChI=1S/C16H29N3/c1-6-19(14(2)12-18(4)5)13-16-9-7-8-15(10-16)11-17-3/h7-10,14,17H,6,11-13H2,1-5H3. The van der Waals surface area contributed by atoms with Crippen LogP contribution in [0.25, 0.3) is 0 Å². The summed E-state index contributed by atoms with van der Waals surface area (Å²) >= 11 is 0. The van der Waals surface area contributed by atoms with Crippen LogP contribution in [-0.4, -0.2) is 50.1 Å². The fraction of sp³-hybridized carbons (Fsp3) is 0.625. The summed E-state index contributed by atoms with van der Waals surface area (Å²) in [6, 6.07) is 9.45. The van der Waals surface area contributed by atoms with E-state index in [-0.39, 0.29) is 0 Å². The van der Waals surface area contributed by atoms with Crippen LogP contribution in [0.4, 0.5) is 0 Å². The van der Waals surface area contributed by atoms with E-state index in [2.05, 4.69) is 67.3 Å². The number of hydrogen-bond acceptors (Lipinski definition) is 3. The summed E-state index contributed by atoms with van der Waals surface area (Å²) in [4.78, 5) is 4.78. The van der Waals surface area contributed by atoms with E-state index in [1.807, 2.05) is 7.05 Å². The van der Waals surface area contributed by atoms with Gasteiger partial charge in [0.15, 0.2) is 0 Å². The highest BCUT2D eigenvalue weighted by atomic mass is 15.2. The van der Waals surface area contributed by atoms with Crippen LogP contribution < -0.4 is 5.32 Å². The average molecular weight is 263 g/mol. The fourth-order valence-electron chi connectivity index (χ4n) is 2.50. The van der Waals surface area contributed by atoms with Crippen molar-refractivity contribution >= 4 is 0 Å². The second-order valence-corrected chi connectivity index (χ2v) is 5.52. The highest BCUT2D eigenvalue weighted by Crippen LogP contribution is 2.11. The lowest BCUT2D eigenvalue weighted by molar-refractivity contribution is 0.174. The molecule has 1 N–H and O–H groups in total. The smallest absolute Gasteiger partial charge is 0.0237 e. The monoisotopic (exact) mass is 263 g/mol. The minimum Gasteiger partial charge on any atom is -0.316 e. The van der Waals surface area contributed by atoms with E-state index in [1.165, 1.54) is 11.1 Å². The highest BCUT2D eigenvalue weighted by Gasteiger charge is 2.13. The summed E-state index contributed by atoms with van der Waals surface area (Å²) in [6.07, 6.45) is 0. The molecule has 0 heterocycles. The molecule has 0 amide bonds. The van der Waals surface area contributed by atoms with Crippen molar-refractivity contribution in [1.82, 2.24) is 15.1 Å². The average Bonchev–Trinajstić information content (AvgIpc) is 2.36. The Morgan fingerprint density at radius 3 is 2.47 bits per heavy atom. The maximum absolute atomic E-state index is 3.21. The maximum Gasteiger partial charge on any atom is 0.0237 e. The van der Waals surface area contributed by atoms with E-state index in [9.17, 15) is 0 Å². The molecule has 0 aliphatic heterocycles. The van der Waals surface area contributed by atoms with Crippen LogP contribution in [0.1, 0.15) is 25.0 Å². The predicted octanol–water partition coefficient (Wildman–Crippen LogP) is 2.18. The first-order valence-corrected chi connectivity index (χ1v) is 7.18. The second-order valence-electron chi connectivity index (χ2n) is 5.52. The molecule has 3 heteroatoms. The van der Waals surface area contributed by atoms with Crippen molar-refractivity contribution in [3.63, 3.8) is 0 Å². The summed E-state index contributed by atoms with van der Waals surface area (Å²) < 4.78 is 0. The van der Waals surface area contributed by atoms with Gasteiger partial charge in [0, 0.05) is 25.7 Å². The Kier molecular flexibility index (Phi) is 7.06. The Bertz CT molecular complexity index is 363. The lowest BCUT2D eigenvalue weighted by Crippen LogP contribution is -2.39. The summed E-state index contributed by atoms with van der Waals surface area (Å²) in [5.41, 5.74) is 2.76. The third-order valence-corrected chi connectivity index (χ3v) is 3.42. The van der Waals surface area contributed by atoms with Gasteiger partial charge in [-0.3, -0.25) is 4.90 Å². The lowest BCUT2D eigenvalue weighted by Gasteiger charge is -2.30. The van der Waals surface area contributed by atoms with E-state index in [0.717, 1.165) is 26.2 Å². The first-order chi connectivity index (χ1) is 9.06. The quantitative estimate of drug-likeness (QED) is 0.775. The number of benzene rings is 1. The molecular formula is C16H29N3. The van der Waals surface area contributed by atoms with E-state index in [1.54, 1.807) is 0 Å². The van der Waals surface area contributed by atoms with Crippen molar-refractivity contribution < 1.29 is 0 Å². The van der Waals surface area contributed by atoms with Crippen LogP contribution in [0.5, 0.6) is 0 Å². The molecular weight excluding hydrogens is 234 g/mol. The van der Waals surface area contributed by atoms with Crippen LogP contribution in [0.2, 0.25) is 0 Å². The lowest BCUT2D eigenvalue weighted by atomic mass is 10.1. The fourth-order valence-corrected chi connectivity index (χ4v) is 2.50. The van der Waals surface area contributed by atoms with Crippen LogP contribution in [-0.2, 0) is 13.1 Å². The maximum atomic E-state index is 3.21. The molecule has 108 valence electrons. The Morgan fingerprint density at radius 2 is 1.89 bits per heavy atom. The van der Waals surface area contributed by atoms with Crippen molar-refractivity contribution in [2.75, 3.05) is 34.2 Å². The van der Waals surface area contributed by atoms with Gasteiger partial charge in [-0.25, -0.2) is 0 Å². The van der Waals surface area contributed by atoms with E-state index in [4.69, 9.17) is 0 Å². The molecule has 0 bridgehead atoms. The molecule has 19 heavy (non-hydrogen) atoms. The molecule has 0 saturated heterocycles. The van der Waals surface area contributed by atoms with Gasteiger partial charge in [0.05, 0.1) is 0 Å². The van der Waals surface area contributed by atoms with Gasteiger partial charge in [0.2, 0.25) is 0 Å². The number of rotatable bonds is 8. The van der Waals surface area contributed by atoms with E-state index in [0.29, 0.717) is 6.04 Å². The normalized spacial score (nSPS) is 13.2. The van der Waals surface area contributed by atoms with Gasteiger partial charge < -0.3 is 10.2 Å².